The van der Waals surface area contributed by atoms with Gasteiger partial charge in [-0.2, -0.15) is 4.99 Å². The summed E-state index contributed by atoms with van der Waals surface area (Å²) >= 11 is 1.25. The number of hydrogen-bond acceptors (Lipinski definition) is 2. The Bertz CT molecular complexity index is 1030. The van der Waals surface area contributed by atoms with Crippen molar-refractivity contribution in [2.45, 2.75) is 20.4 Å². The van der Waals surface area contributed by atoms with E-state index >= 15 is 0 Å². The minimum atomic E-state index is -0.376. The Labute approximate surface area is 143 Å². The number of rotatable bonds is 2. The van der Waals surface area contributed by atoms with Gasteiger partial charge in [-0.15, -0.1) is 6.42 Å². The zero-order chi connectivity index (χ0) is 17.3. The Hall–Kier alpha value is -2.71. The van der Waals surface area contributed by atoms with E-state index in [0.29, 0.717) is 20.6 Å². The molecule has 1 amide bonds. The van der Waals surface area contributed by atoms with Gasteiger partial charge in [0, 0.05) is 5.56 Å². The minimum absolute atomic E-state index is 0.153. The van der Waals surface area contributed by atoms with Gasteiger partial charge in [-0.3, -0.25) is 4.79 Å². The van der Waals surface area contributed by atoms with Crippen LogP contribution in [0, 0.1) is 32.0 Å². The van der Waals surface area contributed by atoms with Gasteiger partial charge in [0.05, 0.1) is 16.8 Å². The van der Waals surface area contributed by atoms with Crippen molar-refractivity contribution >= 4 is 27.5 Å². The van der Waals surface area contributed by atoms with Crippen molar-refractivity contribution in [3.8, 4) is 12.3 Å². The number of carbonyl (C=O) groups excluding carboxylic acids is 1. The van der Waals surface area contributed by atoms with E-state index in [1.54, 1.807) is 28.8 Å². The normalized spacial score (nSPS) is 11.7. The summed E-state index contributed by atoms with van der Waals surface area (Å²) in [4.78, 5) is 17.1. The van der Waals surface area contributed by atoms with E-state index in [1.165, 1.54) is 17.4 Å². The van der Waals surface area contributed by atoms with E-state index in [0.717, 1.165) is 11.1 Å². The third kappa shape index (κ3) is 3.01. The van der Waals surface area contributed by atoms with Crippen LogP contribution in [0.2, 0.25) is 0 Å². The van der Waals surface area contributed by atoms with Crippen LogP contribution in [0.15, 0.2) is 41.4 Å². The molecular formula is C19H15FN2OS. The molecule has 0 aliphatic rings. The fourth-order valence-corrected chi connectivity index (χ4v) is 3.70. The molecule has 1 heterocycles. The molecule has 3 nitrogen and oxygen atoms in total. The maximum Gasteiger partial charge on any atom is 0.279 e. The first-order valence-electron chi connectivity index (χ1n) is 7.38. The molecule has 0 radical (unpaired) electrons. The largest absolute Gasteiger partial charge is 0.302 e. The molecule has 1 aromatic heterocycles. The monoisotopic (exact) mass is 338 g/mol. The number of aryl methyl sites for hydroxylation is 2. The molecule has 120 valence electrons. The van der Waals surface area contributed by atoms with Crippen molar-refractivity contribution in [2.24, 2.45) is 4.99 Å². The third-order valence-corrected chi connectivity index (χ3v) is 4.61. The quantitative estimate of drug-likeness (QED) is 0.654. The number of hydrogen-bond donors (Lipinski definition) is 0. The number of aromatic nitrogens is 1. The van der Waals surface area contributed by atoms with Gasteiger partial charge in [-0.1, -0.05) is 40.5 Å². The van der Waals surface area contributed by atoms with Gasteiger partial charge >= 0.3 is 0 Å². The maximum absolute atomic E-state index is 14.1. The summed E-state index contributed by atoms with van der Waals surface area (Å²) in [7, 11) is 0. The molecule has 0 aliphatic heterocycles. The molecule has 0 bridgehead atoms. The number of terminal acetylenes is 1. The maximum atomic E-state index is 14.1. The van der Waals surface area contributed by atoms with Gasteiger partial charge in [0.1, 0.15) is 5.82 Å². The van der Waals surface area contributed by atoms with Crippen LogP contribution in [0.3, 0.4) is 0 Å². The Morgan fingerprint density at radius 2 is 2.00 bits per heavy atom. The van der Waals surface area contributed by atoms with Crippen molar-refractivity contribution in [1.29, 1.82) is 0 Å². The number of halogens is 1. The van der Waals surface area contributed by atoms with Gasteiger partial charge in [-0.05, 0) is 38.1 Å². The molecule has 0 saturated carbocycles. The highest BCUT2D eigenvalue weighted by Crippen LogP contribution is 2.20. The molecule has 0 unspecified atom stereocenters. The molecule has 0 atom stereocenters. The van der Waals surface area contributed by atoms with Gasteiger partial charge < -0.3 is 4.57 Å². The van der Waals surface area contributed by atoms with Crippen LogP contribution in [0.1, 0.15) is 21.5 Å². The van der Waals surface area contributed by atoms with Crippen LogP contribution in [0.25, 0.3) is 10.2 Å². The highest BCUT2D eigenvalue weighted by atomic mass is 32.1. The smallest absolute Gasteiger partial charge is 0.279 e. The standard InChI is InChI=1S/C19H15FN2OS/c1-4-8-22-17-15(20)6-5-7-16(17)24-19(22)21-18(23)14-10-12(2)9-13(3)11-14/h1,5-7,9-11H,8H2,2-3H3. The molecule has 0 spiro atoms. The summed E-state index contributed by atoms with van der Waals surface area (Å²) in [6, 6.07) is 10.4. The van der Waals surface area contributed by atoms with E-state index in [-0.39, 0.29) is 18.3 Å². The predicted molar refractivity (Wildman–Crippen MR) is 94.4 cm³/mol. The van der Waals surface area contributed by atoms with Crippen molar-refractivity contribution in [1.82, 2.24) is 4.57 Å². The fraction of sp³-hybridized carbons (Fsp3) is 0.158. The Balaban J connectivity index is 2.19. The lowest BCUT2D eigenvalue weighted by Crippen LogP contribution is -2.17. The second kappa shape index (κ2) is 6.42. The van der Waals surface area contributed by atoms with Crippen LogP contribution in [-0.4, -0.2) is 10.5 Å². The van der Waals surface area contributed by atoms with Crippen LogP contribution in [-0.2, 0) is 6.54 Å². The molecule has 2 aromatic carbocycles. The molecular weight excluding hydrogens is 323 g/mol. The zero-order valence-corrected chi connectivity index (χ0v) is 14.2. The summed E-state index contributed by atoms with van der Waals surface area (Å²) in [5.74, 6) is 1.76. The lowest BCUT2D eigenvalue weighted by Gasteiger charge is -2.02. The summed E-state index contributed by atoms with van der Waals surface area (Å²) in [6.07, 6.45) is 5.40. The molecule has 0 aliphatic carbocycles. The second-order valence-electron chi connectivity index (χ2n) is 5.55. The summed E-state index contributed by atoms with van der Waals surface area (Å²) in [6.45, 7) is 4.01. The number of carbonyl (C=O) groups is 1. The van der Waals surface area contributed by atoms with Gasteiger partial charge in [-0.25, -0.2) is 4.39 Å². The average Bonchev–Trinajstić information content (AvgIpc) is 2.85. The first-order chi connectivity index (χ1) is 11.5. The molecule has 0 fully saturated rings. The highest BCUT2D eigenvalue weighted by Gasteiger charge is 2.12. The second-order valence-corrected chi connectivity index (χ2v) is 6.56. The van der Waals surface area contributed by atoms with Gasteiger partial charge in [0.15, 0.2) is 4.80 Å². The minimum Gasteiger partial charge on any atom is -0.302 e. The summed E-state index contributed by atoms with van der Waals surface area (Å²) in [5.41, 5.74) is 2.88. The van der Waals surface area contributed by atoms with Crippen LogP contribution >= 0.6 is 11.3 Å². The Morgan fingerprint density at radius 3 is 2.67 bits per heavy atom. The van der Waals surface area contributed by atoms with Crippen molar-refractivity contribution in [3.63, 3.8) is 0 Å². The first kappa shape index (κ1) is 16.2. The number of fused-ring (bicyclic) bond motifs is 1. The SMILES string of the molecule is C#CCn1c(=NC(=O)c2cc(C)cc(C)c2)sc2cccc(F)c21. The zero-order valence-electron chi connectivity index (χ0n) is 13.3. The number of nitrogens with zero attached hydrogens (tertiary/aromatic N) is 2. The lowest BCUT2D eigenvalue weighted by molar-refractivity contribution is 0.0997. The molecule has 5 heteroatoms. The molecule has 0 N–H and O–H groups in total. The van der Waals surface area contributed by atoms with Gasteiger partial charge in [0.2, 0.25) is 0 Å². The third-order valence-electron chi connectivity index (χ3n) is 3.57. The highest BCUT2D eigenvalue weighted by molar-refractivity contribution is 7.16. The van der Waals surface area contributed by atoms with E-state index in [2.05, 4.69) is 10.9 Å². The lowest BCUT2D eigenvalue weighted by atomic mass is 10.1. The number of benzene rings is 2. The average molecular weight is 338 g/mol. The fourth-order valence-electron chi connectivity index (χ4n) is 2.66. The summed E-state index contributed by atoms with van der Waals surface area (Å²) < 4.78 is 16.4. The summed E-state index contributed by atoms with van der Waals surface area (Å²) in [5, 5.41) is 0. The number of thiazole rings is 1. The Morgan fingerprint density at radius 1 is 1.29 bits per heavy atom. The van der Waals surface area contributed by atoms with Crippen LogP contribution < -0.4 is 4.80 Å². The van der Waals surface area contributed by atoms with Crippen molar-refractivity contribution < 1.29 is 9.18 Å². The van der Waals surface area contributed by atoms with Gasteiger partial charge in [0.25, 0.3) is 5.91 Å². The molecule has 0 saturated heterocycles. The van der Waals surface area contributed by atoms with Crippen LogP contribution in [0.5, 0.6) is 0 Å². The van der Waals surface area contributed by atoms with E-state index in [4.69, 9.17) is 6.42 Å². The topological polar surface area (TPSA) is 34.4 Å². The predicted octanol–water partition coefficient (Wildman–Crippen LogP) is 3.83. The molecule has 3 aromatic rings. The van der Waals surface area contributed by atoms with Crippen molar-refractivity contribution in [3.05, 3.63) is 63.7 Å². The molecule has 3 rings (SSSR count). The van der Waals surface area contributed by atoms with E-state index in [9.17, 15) is 9.18 Å². The van der Waals surface area contributed by atoms with E-state index in [1.807, 2.05) is 19.9 Å². The van der Waals surface area contributed by atoms with E-state index < -0.39 is 0 Å². The van der Waals surface area contributed by atoms with Crippen molar-refractivity contribution in [2.75, 3.05) is 0 Å². The Kier molecular flexibility index (Phi) is 4.32. The van der Waals surface area contributed by atoms with Crippen LogP contribution in [0.4, 0.5) is 4.39 Å². The first-order valence-corrected chi connectivity index (χ1v) is 8.20. The number of amides is 1. The molecule has 24 heavy (non-hydrogen) atoms. The number of para-hydroxylation sites is 1.